The number of hydrogen-bond acceptors (Lipinski definition) is 3. The molecule has 0 bridgehead atoms. The molecule has 1 aromatic rings. The Labute approximate surface area is 126 Å². The van der Waals surface area contributed by atoms with Gasteiger partial charge in [0.25, 0.3) is 0 Å². The molecule has 2 amide bonds. The van der Waals surface area contributed by atoms with Crippen LogP contribution in [-0.2, 0) is 16.1 Å². The van der Waals surface area contributed by atoms with Crippen LogP contribution in [0.5, 0.6) is 0 Å². The molecule has 1 rings (SSSR count). The third kappa shape index (κ3) is 5.72. The second-order valence-electron chi connectivity index (χ2n) is 4.80. The van der Waals surface area contributed by atoms with Crippen LogP contribution in [-0.4, -0.2) is 36.5 Å². The van der Waals surface area contributed by atoms with E-state index in [2.05, 4.69) is 5.32 Å². The van der Waals surface area contributed by atoms with Crippen molar-refractivity contribution in [1.29, 1.82) is 0 Å². The van der Waals surface area contributed by atoms with Crippen molar-refractivity contribution in [2.45, 2.75) is 25.6 Å². The van der Waals surface area contributed by atoms with Gasteiger partial charge in [-0.25, -0.2) is 0 Å². The van der Waals surface area contributed by atoms with Crippen molar-refractivity contribution in [3.8, 4) is 0 Å². The fourth-order valence-electron chi connectivity index (χ4n) is 1.80. The molecule has 0 saturated carbocycles. The number of benzene rings is 1. The van der Waals surface area contributed by atoms with Gasteiger partial charge in [-0.3, -0.25) is 9.59 Å². The first-order valence-corrected chi connectivity index (χ1v) is 6.65. The van der Waals surface area contributed by atoms with Crippen LogP contribution in [0.2, 0.25) is 0 Å². The molecule has 22 heavy (non-hydrogen) atoms. The van der Waals surface area contributed by atoms with Gasteiger partial charge in [0.2, 0.25) is 5.91 Å². The van der Waals surface area contributed by atoms with Gasteiger partial charge in [0, 0.05) is 25.7 Å². The number of rotatable bonds is 6. The van der Waals surface area contributed by atoms with E-state index in [1.54, 1.807) is 18.2 Å². The number of carbonyl (C=O) groups excluding carboxylic acids is 2. The summed E-state index contributed by atoms with van der Waals surface area (Å²) in [6.07, 6.45) is -4.08. The summed E-state index contributed by atoms with van der Waals surface area (Å²) in [5.74, 6) is -2.13. The average Bonchev–Trinajstić information content (AvgIpc) is 2.43. The highest BCUT2D eigenvalue weighted by atomic mass is 19.4. The van der Waals surface area contributed by atoms with Gasteiger partial charge in [0.15, 0.2) is 0 Å². The van der Waals surface area contributed by atoms with Gasteiger partial charge in [-0.1, -0.05) is 12.1 Å². The van der Waals surface area contributed by atoms with E-state index in [1.807, 2.05) is 0 Å². The first-order chi connectivity index (χ1) is 10.2. The van der Waals surface area contributed by atoms with Crippen LogP contribution in [0, 0.1) is 0 Å². The van der Waals surface area contributed by atoms with Gasteiger partial charge in [0.05, 0.1) is 0 Å². The fourth-order valence-corrected chi connectivity index (χ4v) is 1.80. The lowest BCUT2D eigenvalue weighted by atomic mass is 10.2. The molecule has 0 aliphatic rings. The van der Waals surface area contributed by atoms with Crippen molar-refractivity contribution < 1.29 is 22.8 Å². The Morgan fingerprint density at radius 3 is 2.59 bits per heavy atom. The second kappa shape index (κ2) is 7.79. The third-order valence-corrected chi connectivity index (χ3v) is 2.83. The Hall–Kier alpha value is -2.09. The summed E-state index contributed by atoms with van der Waals surface area (Å²) >= 11 is 0. The predicted octanol–water partition coefficient (Wildman–Crippen LogP) is 1.88. The van der Waals surface area contributed by atoms with Crippen molar-refractivity contribution in [1.82, 2.24) is 4.90 Å². The molecule has 122 valence electrons. The number of carbonyl (C=O) groups is 2. The largest absolute Gasteiger partial charge is 0.471 e. The fraction of sp³-hybridized carbons (Fsp3) is 0.429. The molecule has 3 N–H and O–H groups in total. The molecule has 5 nitrogen and oxygen atoms in total. The molecule has 0 atom stereocenters. The summed E-state index contributed by atoms with van der Waals surface area (Å²) in [4.78, 5) is 23.2. The monoisotopic (exact) mass is 317 g/mol. The van der Waals surface area contributed by atoms with E-state index < -0.39 is 12.1 Å². The summed E-state index contributed by atoms with van der Waals surface area (Å²) in [6.45, 7) is 0.197. The number of halogens is 3. The van der Waals surface area contributed by atoms with Gasteiger partial charge >= 0.3 is 12.1 Å². The zero-order valence-corrected chi connectivity index (χ0v) is 12.1. The molecule has 0 aliphatic heterocycles. The molecular formula is C14H18F3N3O2. The van der Waals surface area contributed by atoms with Gasteiger partial charge in [-0.15, -0.1) is 0 Å². The van der Waals surface area contributed by atoms with Crippen LogP contribution in [0.1, 0.15) is 18.4 Å². The Bertz CT molecular complexity index is 532. The highest BCUT2D eigenvalue weighted by Crippen LogP contribution is 2.20. The standard InChI is InChI=1S/C14H18F3N3O2/c1-20(13(22)14(15,16)17)9-10-4-2-5-11(8-10)19-12(21)6-3-7-18/h2,4-5,8H,3,6-7,9,18H2,1H3,(H,19,21). The molecule has 0 unspecified atom stereocenters. The summed E-state index contributed by atoms with van der Waals surface area (Å²) in [7, 11) is 1.07. The lowest BCUT2D eigenvalue weighted by Crippen LogP contribution is -2.37. The van der Waals surface area contributed by atoms with E-state index in [-0.39, 0.29) is 18.9 Å². The molecule has 0 aromatic heterocycles. The Kier molecular flexibility index (Phi) is 6.36. The summed E-state index contributed by atoms with van der Waals surface area (Å²) in [6, 6.07) is 6.32. The maximum atomic E-state index is 12.3. The van der Waals surface area contributed by atoms with E-state index in [4.69, 9.17) is 5.73 Å². The SMILES string of the molecule is CN(Cc1cccc(NC(=O)CCCN)c1)C(=O)C(F)(F)F. The highest BCUT2D eigenvalue weighted by molar-refractivity contribution is 5.90. The number of alkyl halides is 3. The predicted molar refractivity (Wildman–Crippen MR) is 75.9 cm³/mol. The van der Waals surface area contributed by atoms with Gasteiger partial charge < -0.3 is 16.0 Å². The van der Waals surface area contributed by atoms with Crippen LogP contribution in [0.15, 0.2) is 24.3 Å². The Morgan fingerprint density at radius 1 is 1.32 bits per heavy atom. The van der Waals surface area contributed by atoms with Gasteiger partial charge in [-0.2, -0.15) is 13.2 Å². The summed E-state index contributed by atoms with van der Waals surface area (Å²) in [5, 5.41) is 2.63. The van der Waals surface area contributed by atoms with Crippen LogP contribution in [0.4, 0.5) is 18.9 Å². The molecule has 8 heteroatoms. The van der Waals surface area contributed by atoms with Gasteiger partial charge in [-0.05, 0) is 30.7 Å². The topological polar surface area (TPSA) is 75.4 Å². The number of nitrogens with one attached hydrogen (secondary N) is 1. The average molecular weight is 317 g/mol. The van der Waals surface area contributed by atoms with E-state index in [0.717, 1.165) is 7.05 Å². The summed E-state index contributed by atoms with van der Waals surface area (Å²) in [5.41, 5.74) is 6.25. The van der Waals surface area contributed by atoms with E-state index in [1.165, 1.54) is 6.07 Å². The zero-order chi connectivity index (χ0) is 16.8. The maximum absolute atomic E-state index is 12.3. The smallest absolute Gasteiger partial charge is 0.334 e. The minimum absolute atomic E-state index is 0.204. The summed E-state index contributed by atoms with van der Waals surface area (Å²) < 4.78 is 36.9. The van der Waals surface area contributed by atoms with Crippen molar-refractivity contribution in [3.05, 3.63) is 29.8 Å². The number of amides is 2. The molecular weight excluding hydrogens is 299 g/mol. The first kappa shape index (κ1) is 18.0. The number of nitrogens with zero attached hydrogens (tertiary/aromatic N) is 1. The van der Waals surface area contributed by atoms with Crippen molar-refractivity contribution in [2.75, 3.05) is 18.9 Å². The molecule has 0 saturated heterocycles. The zero-order valence-electron chi connectivity index (χ0n) is 12.1. The molecule has 0 spiro atoms. The maximum Gasteiger partial charge on any atom is 0.471 e. The lowest BCUT2D eigenvalue weighted by Gasteiger charge is -2.19. The van der Waals surface area contributed by atoms with Gasteiger partial charge in [0.1, 0.15) is 0 Å². The molecule has 1 aromatic carbocycles. The van der Waals surface area contributed by atoms with E-state index >= 15 is 0 Å². The minimum Gasteiger partial charge on any atom is -0.334 e. The lowest BCUT2D eigenvalue weighted by molar-refractivity contribution is -0.184. The van der Waals surface area contributed by atoms with Crippen LogP contribution < -0.4 is 11.1 Å². The molecule has 0 fully saturated rings. The normalized spacial score (nSPS) is 11.1. The first-order valence-electron chi connectivity index (χ1n) is 6.65. The Morgan fingerprint density at radius 2 is 2.00 bits per heavy atom. The highest BCUT2D eigenvalue weighted by Gasteiger charge is 2.41. The number of nitrogens with two attached hydrogens (primary N) is 1. The van der Waals surface area contributed by atoms with E-state index in [0.29, 0.717) is 29.1 Å². The van der Waals surface area contributed by atoms with Crippen molar-refractivity contribution in [3.63, 3.8) is 0 Å². The Balaban J connectivity index is 2.68. The van der Waals surface area contributed by atoms with Crippen molar-refractivity contribution >= 4 is 17.5 Å². The molecule has 0 aliphatic carbocycles. The minimum atomic E-state index is -4.90. The number of hydrogen-bond donors (Lipinski definition) is 2. The van der Waals surface area contributed by atoms with Crippen LogP contribution in [0.25, 0.3) is 0 Å². The van der Waals surface area contributed by atoms with Crippen LogP contribution >= 0.6 is 0 Å². The third-order valence-electron chi connectivity index (χ3n) is 2.83. The molecule has 0 heterocycles. The number of anilines is 1. The van der Waals surface area contributed by atoms with Crippen LogP contribution in [0.3, 0.4) is 0 Å². The quantitative estimate of drug-likeness (QED) is 0.841. The molecule has 0 radical (unpaired) electrons. The van der Waals surface area contributed by atoms with Crippen molar-refractivity contribution in [2.24, 2.45) is 5.73 Å². The van der Waals surface area contributed by atoms with E-state index in [9.17, 15) is 22.8 Å². The second-order valence-corrected chi connectivity index (χ2v) is 4.80.